The van der Waals surface area contributed by atoms with Gasteiger partial charge in [-0.05, 0) is 37.8 Å². The van der Waals surface area contributed by atoms with E-state index in [1.165, 1.54) is 0 Å². The Morgan fingerprint density at radius 1 is 1.13 bits per heavy atom. The van der Waals surface area contributed by atoms with Gasteiger partial charge < -0.3 is 10.2 Å². The predicted molar refractivity (Wildman–Crippen MR) is 94.0 cm³/mol. The lowest BCUT2D eigenvalue weighted by Crippen LogP contribution is -2.50. The smallest absolute Gasteiger partial charge is 0.243 e. The molecule has 0 aromatic heterocycles. The minimum Gasteiger partial charge on any atom is -0.352 e. The molecule has 0 unspecified atom stereocenters. The number of nitrogens with one attached hydrogen (secondary N) is 1. The molecule has 0 saturated heterocycles. The van der Waals surface area contributed by atoms with Crippen LogP contribution in [0.2, 0.25) is 0 Å². The van der Waals surface area contributed by atoms with Crippen LogP contribution in [-0.4, -0.2) is 28.8 Å². The van der Waals surface area contributed by atoms with E-state index >= 15 is 0 Å². The van der Waals surface area contributed by atoms with Crippen molar-refractivity contribution in [2.45, 2.75) is 72.5 Å². The third-order valence-corrected chi connectivity index (χ3v) is 4.29. The molecule has 0 fully saturated rings. The molecule has 128 valence electrons. The first-order valence-electron chi connectivity index (χ1n) is 8.58. The molecular formula is C19H30N2O2. The zero-order chi connectivity index (χ0) is 17.4. The fourth-order valence-corrected chi connectivity index (χ4v) is 2.53. The van der Waals surface area contributed by atoms with Crippen LogP contribution in [0.25, 0.3) is 0 Å². The molecule has 4 heteroatoms. The minimum atomic E-state index is -0.420. The maximum Gasteiger partial charge on any atom is 0.243 e. The van der Waals surface area contributed by atoms with E-state index in [-0.39, 0.29) is 17.9 Å². The summed E-state index contributed by atoms with van der Waals surface area (Å²) in [4.78, 5) is 26.7. The van der Waals surface area contributed by atoms with E-state index in [1.54, 1.807) is 4.90 Å². The fourth-order valence-electron chi connectivity index (χ4n) is 2.53. The van der Waals surface area contributed by atoms with Gasteiger partial charge in [0.05, 0.1) is 0 Å². The Labute approximate surface area is 140 Å². The Balaban J connectivity index is 3.01. The number of rotatable bonds is 8. The Morgan fingerprint density at radius 3 is 2.30 bits per heavy atom. The van der Waals surface area contributed by atoms with E-state index in [0.29, 0.717) is 19.4 Å². The summed E-state index contributed by atoms with van der Waals surface area (Å²) in [5.41, 5.74) is 2.22. The second-order valence-corrected chi connectivity index (χ2v) is 6.04. The summed E-state index contributed by atoms with van der Waals surface area (Å²) >= 11 is 0. The van der Waals surface area contributed by atoms with Crippen LogP contribution in [0.5, 0.6) is 0 Å². The number of carbonyl (C=O) groups excluding carboxylic acids is 2. The molecule has 0 heterocycles. The number of aryl methyl sites for hydroxylation is 1. The summed E-state index contributed by atoms with van der Waals surface area (Å²) in [6, 6.07) is 7.70. The lowest BCUT2D eigenvalue weighted by molar-refractivity contribution is -0.141. The molecule has 0 bridgehead atoms. The molecule has 1 aromatic carbocycles. The Morgan fingerprint density at radius 2 is 1.78 bits per heavy atom. The first-order chi connectivity index (χ1) is 10.9. The summed E-state index contributed by atoms with van der Waals surface area (Å²) in [5, 5.41) is 3.01. The van der Waals surface area contributed by atoms with Crippen molar-refractivity contribution in [2.24, 2.45) is 0 Å². The van der Waals surface area contributed by atoms with Gasteiger partial charge in [-0.2, -0.15) is 0 Å². The summed E-state index contributed by atoms with van der Waals surface area (Å²) in [5.74, 6) is -0.0448. The maximum absolute atomic E-state index is 12.6. The van der Waals surface area contributed by atoms with Crippen molar-refractivity contribution in [2.75, 3.05) is 0 Å². The van der Waals surface area contributed by atoms with E-state index in [9.17, 15) is 9.59 Å². The molecule has 0 spiro atoms. The van der Waals surface area contributed by atoms with Crippen molar-refractivity contribution in [1.82, 2.24) is 10.2 Å². The predicted octanol–water partition coefficient (Wildman–Crippen LogP) is 3.43. The highest BCUT2D eigenvalue weighted by Gasteiger charge is 2.28. The van der Waals surface area contributed by atoms with Crippen LogP contribution >= 0.6 is 0 Å². The van der Waals surface area contributed by atoms with Gasteiger partial charge in [0.15, 0.2) is 0 Å². The van der Waals surface area contributed by atoms with Gasteiger partial charge in [-0.1, -0.05) is 45.0 Å². The molecule has 1 N–H and O–H groups in total. The standard InChI is InChI=1S/C19H30N2O2/c1-6-15(5)20-19(23)17(7-2)21(18(22)8-3)13-16-12-10-9-11-14(16)4/h9-12,15,17H,6-8,13H2,1-5H3,(H,20,23)/t15-,17+/m0/s1. The second kappa shape index (κ2) is 9.33. The number of amides is 2. The molecule has 1 rings (SSSR count). The molecule has 2 amide bonds. The van der Waals surface area contributed by atoms with Gasteiger partial charge in [-0.25, -0.2) is 0 Å². The molecule has 0 aliphatic carbocycles. The highest BCUT2D eigenvalue weighted by molar-refractivity contribution is 5.87. The Bertz CT molecular complexity index is 528. The Kier molecular flexibility index (Phi) is 7.79. The molecule has 1 aromatic rings. The van der Waals surface area contributed by atoms with E-state index in [4.69, 9.17) is 0 Å². The number of nitrogens with zero attached hydrogens (tertiary/aromatic N) is 1. The van der Waals surface area contributed by atoms with Crippen molar-refractivity contribution in [3.05, 3.63) is 35.4 Å². The quantitative estimate of drug-likeness (QED) is 0.798. The van der Waals surface area contributed by atoms with Crippen LogP contribution in [0.1, 0.15) is 58.1 Å². The van der Waals surface area contributed by atoms with Crippen LogP contribution in [0, 0.1) is 6.92 Å². The normalized spacial score (nSPS) is 13.3. The van der Waals surface area contributed by atoms with E-state index < -0.39 is 6.04 Å². The zero-order valence-corrected chi connectivity index (χ0v) is 15.1. The molecule has 4 nitrogen and oxygen atoms in total. The molecule has 0 aliphatic heterocycles. The first-order valence-corrected chi connectivity index (χ1v) is 8.58. The van der Waals surface area contributed by atoms with Crippen LogP contribution < -0.4 is 5.32 Å². The van der Waals surface area contributed by atoms with Crippen molar-refractivity contribution in [3.63, 3.8) is 0 Å². The van der Waals surface area contributed by atoms with Gasteiger partial charge in [-0.15, -0.1) is 0 Å². The van der Waals surface area contributed by atoms with Crippen LogP contribution in [0.3, 0.4) is 0 Å². The topological polar surface area (TPSA) is 49.4 Å². The summed E-state index contributed by atoms with van der Waals surface area (Å²) in [6.45, 7) is 10.3. The van der Waals surface area contributed by atoms with Gasteiger partial charge in [0.25, 0.3) is 0 Å². The molecular weight excluding hydrogens is 288 g/mol. The largest absolute Gasteiger partial charge is 0.352 e. The van der Waals surface area contributed by atoms with Gasteiger partial charge in [0.2, 0.25) is 11.8 Å². The lowest BCUT2D eigenvalue weighted by Gasteiger charge is -2.31. The van der Waals surface area contributed by atoms with Gasteiger partial charge >= 0.3 is 0 Å². The molecule has 23 heavy (non-hydrogen) atoms. The molecule has 2 atom stereocenters. The van der Waals surface area contributed by atoms with Gasteiger partial charge in [0, 0.05) is 19.0 Å². The average Bonchev–Trinajstić information content (AvgIpc) is 2.55. The van der Waals surface area contributed by atoms with Crippen molar-refractivity contribution in [1.29, 1.82) is 0 Å². The van der Waals surface area contributed by atoms with E-state index in [0.717, 1.165) is 17.5 Å². The molecule has 0 saturated carbocycles. The van der Waals surface area contributed by atoms with E-state index in [1.807, 2.05) is 58.9 Å². The highest BCUT2D eigenvalue weighted by Crippen LogP contribution is 2.16. The van der Waals surface area contributed by atoms with Crippen LogP contribution in [0.15, 0.2) is 24.3 Å². The van der Waals surface area contributed by atoms with Crippen molar-refractivity contribution < 1.29 is 9.59 Å². The number of hydrogen-bond acceptors (Lipinski definition) is 2. The van der Waals surface area contributed by atoms with Crippen molar-refractivity contribution >= 4 is 11.8 Å². The van der Waals surface area contributed by atoms with Crippen LogP contribution in [-0.2, 0) is 16.1 Å². The lowest BCUT2D eigenvalue weighted by atomic mass is 10.1. The third kappa shape index (κ3) is 5.38. The monoisotopic (exact) mass is 318 g/mol. The number of benzene rings is 1. The van der Waals surface area contributed by atoms with Crippen LogP contribution in [0.4, 0.5) is 0 Å². The van der Waals surface area contributed by atoms with Gasteiger partial charge in [-0.3, -0.25) is 9.59 Å². The number of carbonyl (C=O) groups is 2. The molecule has 0 aliphatic rings. The fraction of sp³-hybridized carbons (Fsp3) is 0.579. The summed E-state index contributed by atoms with van der Waals surface area (Å²) in [6.07, 6.45) is 1.89. The molecule has 0 radical (unpaired) electrons. The highest BCUT2D eigenvalue weighted by atomic mass is 16.2. The minimum absolute atomic E-state index is 0.0133. The second-order valence-electron chi connectivity index (χ2n) is 6.04. The van der Waals surface area contributed by atoms with Gasteiger partial charge in [0.1, 0.15) is 6.04 Å². The Hall–Kier alpha value is -1.84. The first kappa shape index (κ1) is 19.2. The van der Waals surface area contributed by atoms with E-state index in [2.05, 4.69) is 5.32 Å². The van der Waals surface area contributed by atoms with Crippen molar-refractivity contribution in [3.8, 4) is 0 Å². The SMILES string of the molecule is CCC(=O)N(Cc1ccccc1C)[C@H](CC)C(=O)N[C@@H](C)CC. The third-order valence-electron chi connectivity index (χ3n) is 4.29. The zero-order valence-electron chi connectivity index (χ0n) is 15.1. The summed E-state index contributed by atoms with van der Waals surface area (Å²) in [7, 11) is 0. The summed E-state index contributed by atoms with van der Waals surface area (Å²) < 4.78 is 0. The number of hydrogen-bond donors (Lipinski definition) is 1. The maximum atomic E-state index is 12.6. The average molecular weight is 318 g/mol.